The van der Waals surface area contributed by atoms with Gasteiger partial charge in [-0.3, -0.25) is 0 Å². The lowest BCUT2D eigenvalue weighted by atomic mass is 10.1. The monoisotopic (exact) mass is 424 g/mol. The highest BCUT2D eigenvalue weighted by molar-refractivity contribution is 5.89. The number of hydrogen-bond donors (Lipinski definition) is 2. The number of hydrogen-bond acceptors (Lipinski definition) is 7. The van der Waals surface area contributed by atoms with Crippen molar-refractivity contribution in [1.29, 1.82) is 0 Å². The number of amides is 2. The molecule has 0 aliphatic rings. The van der Waals surface area contributed by atoms with Crippen LogP contribution < -0.4 is 29.6 Å². The molecular weight excluding hydrogens is 400 g/mol. The molecule has 2 N–H and O–H groups in total. The molecule has 0 saturated carbocycles. The van der Waals surface area contributed by atoms with Gasteiger partial charge in [0.05, 0.1) is 33.6 Å². The third-order valence-corrected chi connectivity index (χ3v) is 4.30. The van der Waals surface area contributed by atoms with Crippen LogP contribution in [0.2, 0.25) is 0 Å². The van der Waals surface area contributed by atoms with Crippen molar-refractivity contribution in [2.24, 2.45) is 0 Å². The molecule has 0 saturated heterocycles. The van der Waals surface area contributed by atoms with E-state index in [1.54, 1.807) is 38.5 Å². The van der Waals surface area contributed by atoms with E-state index < -0.39 is 0 Å². The van der Waals surface area contributed by atoms with Gasteiger partial charge < -0.3 is 29.6 Å². The summed E-state index contributed by atoms with van der Waals surface area (Å²) in [5.74, 6) is 2.26. The molecule has 9 nitrogen and oxygen atoms in total. The molecule has 1 heterocycles. The number of carbonyl (C=O) groups is 1. The predicted molar refractivity (Wildman–Crippen MR) is 116 cm³/mol. The molecule has 0 aliphatic carbocycles. The molecule has 0 atom stereocenters. The maximum Gasteiger partial charge on any atom is 0.319 e. The number of anilines is 1. The zero-order valence-corrected chi connectivity index (χ0v) is 17.5. The topological polar surface area (TPSA) is 104 Å². The molecule has 162 valence electrons. The number of nitrogens with zero attached hydrogens (tertiary/aromatic N) is 2. The molecule has 2 amide bonds. The second-order valence-electron chi connectivity index (χ2n) is 6.28. The fourth-order valence-electron chi connectivity index (χ4n) is 2.72. The van der Waals surface area contributed by atoms with Crippen molar-refractivity contribution in [3.8, 4) is 34.4 Å². The first kappa shape index (κ1) is 21.7. The molecular formula is C22H24N4O5. The Morgan fingerprint density at radius 2 is 1.65 bits per heavy atom. The van der Waals surface area contributed by atoms with Crippen molar-refractivity contribution in [3.63, 3.8) is 0 Å². The van der Waals surface area contributed by atoms with Gasteiger partial charge in [-0.15, -0.1) is 10.2 Å². The Hall–Kier alpha value is -4.01. The minimum Gasteiger partial charge on any atom is -0.497 e. The molecule has 0 aliphatic heterocycles. The van der Waals surface area contributed by atoms with Crippen molar-refractivity contribution in [3.05, 3.63) is 54.6 Å². The van der Waals surface area contributed by atoms with Crippen molar-refractivity contribution < 1.29 is 23.7 Å². The largest absolute Gasteiger partial charge is 0.497 e. The van der Waals surface area contributed by atoms with E-state index in [0.717, 1.165) is 17.0 Å². The number of benzene rings is 2. The summed E-state index contributed by atoms with van der Waals surface area (Å²) >= 11 is 0. The zero-order chi connectivity index (χ0) is 22.1. The molecule has 0 bridgehead atoms. The third kappa shape index (κ3) is 5.99. The number of carbonyl (C=O) groups excluding carboxylic acids is 1. The molecule has 2 aromatic carbocycles. The SMILES string of the molecule is COc1ccc(-c2ccc(OCCNC(=O)Nc3ccc(OC)c(OC)c3)nn2)cc1. The van der Waals surface area contributed by atoms with Gasteiger partial charge in [-0.05, 0) is 42.5 Å². The summed E-state index contributed by atoms with van der Waals surface area (Å²) in [5.41, 5.74) is 2.23. The summed E-state index contributed by atoms with van der Waals surface area (Å²) in [6, 6.07) is 15.8. The Morgan fingerprint density at radius 1 is 0.871 bits per heavy atom. The van der Waals surface area contributed by atoms with Crippen molar-refractivity contribution in [1.82, 2.24) is 15.5 Å². The molecule has 1 aromatic heterocycles. The highest BCUT2D eigenvalue weighted by atomic mass is 16.5. The average molecular weight is 424 g/mol. The van der Waals surface area contributed by atoms with Crippen molar-refractivity contribution in [2.75, 3.05) is 39.8 Å². The van der Waals surface area contributed by atoms with Crippen LogP contribution in [-0.2, 0) is 0 Å². The summed E-state index contributed by atoms with van der Waals surface area (Å²) in [5, 5.41) is 13.7. The maximum absolute atomic E-state index is 12.0. The second kappa shape index (κ2) is 10.7. The van der Waals surface area contributed by atoms with Crippen molar-refractivity contribution >= 4 is 11.7 Å². The van der Waals surface area contributed by atoms with Crippen LogP contribution in [0.5, 0.6) is 23.1 Å². The van der Waals surface area contributed by atoms with Gasteiger partial charge in [0.1, 0.15) is 12.4 Å². The number of rotatable bonds is 9. The van der Waals surface area contributed by atoms with Gasteiger partial charge >= 0.3 is 6.03 Å². The lowest BCUT2D eigenvalue weighted by Gasteiger charge is -2.11. The van der Waals surface area contributed by atoms with E-state index in [2.05, 4.69) is 20.8 Å². The highest BCUT2D eigenvalue weighted by Crippen LogP contribution is 2.29. The minimum absolute atomic E-state index is 0.246. The Kier molecular flexibility index (Phi) is 7.47. The molecule has 3 aromatic rings. The van der Waals surface area contributed by atoms with Gasteiger partial charge in [0.2, 0.25) is 5.88 Å². The first-order chi connectivity index (χ1) is 15.1. The Bertz CT molecular complexity index is 994. The fourth-order valence-corrected chi connectivity index (χ4v) is 2.72. The zero-order valence-electron chi connectivity index (χ0n) is 17.5. The molecule has 3 rings (SSSR count). The van der Waals surface area contributed by atoms with Crippen LogP contribution in [0.3, 0.4) is 0 Å². The van der Waals surface area contributed by atoms with E-state index in [9.17, 15) is 4.79 Å². The van der Waals surface area contributed by atoms with Gasteiger partial charge in [-0.1, -0.05) is 0 Å². The van der Waals surface area contributed by atoms with Crippen LogP contribution in [0.15, 0.2) is 54.6 Å². The summed E-state index contributed by atoms with van der Waals surface area (Å²) in [7, 11) is 4.70. The summed E-state index contributed by atoms with van der Waals surface area (Å²) in [6.07, 6.45) is 0. The van der Waals surface area contributed by atoms with Crippen LogP contribution in [0.4, 0.5) is 10.5 Å². The minimum atomic E-state index is -0.364. The van der Waals surface area contributed by atoms with Crippen LogP contribution in [-0.4, -0.2) is 50.7 Å². The first-order valence-corrected chi connectivity index (χ1v) is 9.50. The quantitative estimate of drug-likeness (QED) is 0.508. The van der Waals surface area contributed by atoms with Crippen LogP contribution in [0.25, 0.3) is 11.3 Å². The van der Waals surface area contributed by atoms with Crippen LogP contribution in [0, 0.1) is 0 Å². The van der Waals surface area contributed by atoms with Gasteiger partial charge in [-0.2, -0.15) is 0 Å². The molecule has 0 fully saturated rings. The van der Waals surface area contributed by atoms with E-state index in [0.29, 0.717) is 29.6 Å². The van der Waals surface area contributed by atoms with E-state index in [-0.39, 0.29) is 12.6 Å². The lowest BCUT2D eigenvalue weighted by Crippen LogP contribution is -2.32. The van der Waals surface area contributed by atoms with Gasteiger partial charge in [0.15, 0.2) is 11.5 Å². The maximum atomic E-state index is 12.0. The first-order valence-electron chi connectivity index (χ1n) is 9.50. The standard InChI is InChI=1S/C22H24N4O5/c1-28-17-7-4-15(5-8-17)18-9-11-21(26-25-18)31-13-12-23-22(27)24-16-6-10-19(29-2)20(14-16)30-3/h4-11,14H,12-13H2,1-3H3,(H2,23,24,27). The molecule has 31 heavy (non-hydrogen) atoms. The highest BCUT2D eigenvalue weighted by Gasteiger charge is 2.07. The summed E-state index contributed by atoms with van der Waals surface area (Å²) in [4.78, 5) is 12.0. The number of aromatic nitrogens is 2. The number of methoxy groups -OCH3 is 3. The molecule has 0 unspecified atom stereocenters. The molecule has 0 spiro atoms. The number of urea groups is 1. The predicted octanol–water partition coefficient (Wildman–Crippen LogP) is 3.37. The smallest absolute Gasteiger partial charge is 0.319 e. The Labute approximate surface area is 180 Å². The second-order valence-corrected chi connectivity index (χ2v) is 6.28. The summed E-state index contributed by atoms with van der Waals surface area (Å²) < 4.78 is 21.1. The van der Waals surface area contributed by atoms with E-state index >= 15 is 0 Å². The molecule has 9 heteroatoms. The third-order valence-electron chi connectivity index (χ3n) is 4.30. The fraction of sp³-hybridized carbons (Fsp3) is 0.227. The van der Waals surface area contributed by atoms with Gasteiger partial charge in [0.25, 0.3) is 0 Å². The lowest BCUT2D eigenvalue weighted by molar-refractivity contribution is 0.246. The van der Waals surface area contributed by atoms with Crippen LogP contribution >= 0.6 is 0 Å². The van der Waals surface area contributed by atoms with Gasteiger partial charge in [-0.25, -0.2) is 4.79 Å². The Morgan fingerprint density at radius 3 is 2.29 bits per heavy atom. The molecule has 0 radical (unpaired) electrons. The van der Waals surface area contributed by atoms with E-state index in [1.807, 2.05) is 30.3 Å². The normalized spacial score (nSPS) is 10.2. The van der Waals surface area contributed by atoms with Crippen molar-refractivity contribution in [2.45, 2.75) is 0 Å². The average Bonchev–Trinajstić information content (AvgIpc) is 2.82. The van der Waals surface area contributed by atoms with E-state index in [1.165, 1.54) is 7.11 Å². The number of nitrogens with one attached hydrogen (secondary N) is 2. The Balaban J connectivity index is 1.43. The van der Waals surface area contributed by atoms with E-state index in [4.69, 9.17) is 18.9 Å². The van der Waals surface area contributed by atoms with Crippen LogP contribution in [0.1, 0.15) is 0 Å². The van der Waals surface area contributed by atoms with Gasteiger partial charge in [0, 0.05) is 23.4 Å². The summed E-state index contributed by atoms with van der Waals surface area (Å²) in [6.45, 7) is 0.539. The number of ether oxygens (including phenoxy) is 4.